The zero-order valence-electron chi connectivity index (χ0n) is 13.0. The minimum atomic E-state index is 0.657. The lowest BCUT2D eigenvalue weighted by molar-refractivity contribution is 0.275. The minimum Gasteiger partial charge on any atom is -0.490 e. The highest BCUT2D eigenvalue weighted by molar-refractivity contribution is 5.39. The standard InChI is InChI=1S/C16H28N2O2/c1-4-19-15-9-5-6-10-16(15)20-14-12-17-11-7-8-13-18(2)3/h5-6,9-10,17H,4,7-8,11-14H2,1-3H3. The highest BCUT2D eigenvalue weighted by Gasteiger charge is 2.02. The minimum absolute atomic E-state index is 0.657. The molecule has 1 aromatic rings. The Morgan fingerprint density at radius 2 is 1.70 bits per heavy atom. The first kappa shape index (κ1) is 16.8. The summed E-state index contributed by atoms with van der Waals surface area (Å²) in [5, 5.41) is 3.40. The first-order valence-corrected chi connectivity index (χ1v) is 7.44. The molecule has 0 aliphatic rings. The lowest BCUT2D eigenvalue weighted by atomic mass is 10.3. The number of unbranched alkanes of at least 4 members (excludes halogenated alkanes) is 1. The topological polar surface area (TPSA) is 33.7 Å². The van der Waals surface area contributed by atoms with E-state index in [2.05, 4.69) is 24.3 Å². The van der Waals surface area contributed by atoms with Crippen molar-refractivity contribution < 1.29 is 9.47 Å². The maximum atomic E-state index is 5.74. The van der Waals surface area contributed by atoms with Crippen LogP contribution in [0.1, 0.15) is 19.8 Å². The van der Waals surface area contributed by atoms with Gasteiger partial charge in [0, 0.05) is 6.54 Å². The summed E-state index contributed by atoms with van der Waals surface area (Å²) in [6.07, 6.45) is 2.43. The number of para-hydroxylation sites is 2. The summed E-state index contributed by atoms with van der Waals surface area (Å²) >= 11 is 0. The van der Waals surface area contributed by atoms with E-state index >= 15 is 0 Å². The van der Waals surface area contributed by atoms with Crippen LogP contribution in [-0.2, 0) is 0 Å². The molecule has 1 aromatic carbocycles. The molecule has 0 aromatic heterocycles. The zero-order valence-corrected chi connectivity index (χ0v) is 13.0. The maximum absolute atomic E-state index is 5.74. The summed E-state index contributed by atoms with van der Waals surface area (Å²) in [6, 6.07) is 7.81. The summed E-state index contributed by atoms with van der Waals surface area (Å²) in [5.74, 6) is 1.64. The molecule has 0 amide bonds. The monoisotopic (exact) mass is 280 g/mol. The van der Waals surface area contributed by atoms with E-state index < -0.39 is 0 Å². The molecule has 0 fully saturated rings. The van der Waals surface area contributed by atoms with Crippen molar-refractivity contribution in [2.24, 2.45) is 0 Å². The van der Waals surface area contributed by atoms with Crippen molar-refractivity contribution >= 4 is 0 Å². The third-order valence-electron chi connectivity index (χ3n) is 2.89. The molecule has 114 valence electrons. The van der Waals surface area contributed by atoms with Crippen LogP contribution < -0.4 is 14.8 Å². The average molecular weight is 280 g/mol. The highest BCUT2D eigenvalue weighted by Crippen LogP contribution is 2.25. The van der Waals surface area contributed by atoms with Crippen LogP contribution in [0, 0.1) is 0 Å². The molecule has 0 spiro atoms. The Morgan fingerprint density at radius 3 is 2.35 bits per heavy atom. The molecular formula is C16H28N2O2. The Bertz CT molecular complexity index is 356. The van der Waals surface area contributed by atoms with Gasteiger partial charge in [-0.2, -0.15) is 0 Å². The predicted octanol–water partition coefficient (Wildman–Crippen LogP) is 2.40. The smallest absolute Gasteiger partial charge is 0.161 e. The summed E-state index contributed by atoms with van der Waals surface area (Å²) < 4.78 is 11.3. The molecule has 0 atom stereocenters. The second-order valence-corrected chi connectivity index (χ2v) is 4.99. The van der Waals surface area contributed by atoms with Gasteiger partial charge in [-0.25, -0.2) is 0 Å². The van der Waals surface area contributed by atoms with Crippen molar-refractivity contribution in [3.05, 3.63) is 24.3 Å². The summed E-state index contributed by atoms with van der Waals surface area (Å²) in [4.78, 5) is 2.22. The molecule has 1 N–H and O–H groups in total. The third kappa shape index (κ3) is 7.36. The van der Waals surface area contributed by atoms with Crippen LogP contribution in [0.4, 0.5) is 0 Å². The lowest BCUT2D eigenvalue weighted by Crippen LogP contribution is -2.23. The van der Waals surface area contributed by atoms with Gasteiger partial charge in [-0.05, 0) is 59.1 Å². The Kier molecular flexibility index (Phi) is 8.83. The van der Waals surface area contributed by atoms with Gasteiger partial charge in [0.2, 0.25) is 0 Å². The van der Waals surface area contributed by atoms with E-state index in [0.717, 1.165) is 31.1 Å². The van der Waals surface area contributed by atoms with Gasteiger partial charge in [0.15, 0.2) is 11.5 Å². The van der Waals surface area contributed by atoms with Crippen LogP contribution in [0.3, 0.4) is 0 Å². The molecule has 0 aliphatic heterocycles. The first-order valence-electron chi connectivity index (χ1n) is 7.44. The second-order valence-electron chi connectivity index (χ2n) is 4.99. The molecule has 20 heavy (non-hydrogen) atoms. The fourth-order valence-electron chi connectivity index (χ4n) is 1.88. The van der Waals surface area contributed by atoms with E-state index in [4.69, 9.17) is 9.47 Å². The van der Waals surface area contributed by atoms with Crippen LogP contribution in [0.25, 0.3) is 0 Å². The molecule has 0 radical (unpaired) electrons. The van der Waals surface area contributed by atoms with Crippen LogP contribution in [0.5, 0.6) is 11.5 Å². The van der Waals surface area contributed by atoms with Gasteiger partial charge in [-0.15, -0.1) is 0 Å². The Hall–Kier alpha value is -1.26. The molecule has 1 rings (SSSR count). The maximum Gasteiger partial charge on any atom is 0.161 e. The summed E-state index contributed by atoms with van der Waals surface area (Å²) in [6.45, 7) is 6.36. The summed E-state index contributed by atoms with van der Waals surface area (Å²) in [5.41, 5.74) is 0. The van der Waals surface area contributed by atoms with Gasteiger partial charge < -0.3 is 19.7 Å². The number of nitrogens with zero attached hydrogens (tertiary/aromatic N) is 1. The number of benzene rings is 1. The van der Waals surface area contributed by atoms with Crippen LogP contribution in [-0.4, -0.2) is 51.8 Å². The largest absolute Gasteiger partial charge is 0.490 e. The Labute approximate surface area is 123 Å². The van der Waals surface area contributed by atoms with Crippen LogP contribution >= 0.6 is 0 Å². The number of hydrogen-bond acceptors (Lipinski definition) is 4. The third-order valence-corrected chi connectivity index (χ3v) is 2.89. The highest BCUT2D eigenvalue weighted by atomic mass is 16.5. The Morgan fingerprint density at radius 1 is 1.00 bits per heavy atom. The molecule has 4 heteroatoms. The van der Waals surface area contributed by atoms with Gasteiger partial charge >= 0.3 is 0 Å². The van der Waals surface area contributed by atoms with Crippen molar-refractivity contribution in [2.45, 2.75) is 19.8 Å². The first-order chi connectivity index (χ1) is 9.74. The van der Waals surface area contributed by atoms with Gasteiger partial charge in [0.05, 0.1) is 6.61 Å². The molecule has 0 heterocycles. The van der Waals surface area contributed by atoms with Gasteiger partial charge in [-0.1, -0.05) is 12.1 Å². The van der Waals surface area contributed by atoms with Gasteiger partial charge in [-0.3, -0.25) is 0 Å². The molecule has 0 bridgehead atoms. The number of hydrogen-bond donors (Lipinski definition) is 1. The average Bonchev–Trinajstić information content (AvgIpc) is 2.43. The second kappa shape index (κ2) is 10.5. The van der Waals surface area contributed by atoms with E-state index in [9.17, 15) is 0 Å². The molecule has 0 saturated carbocycles. The Balaban J connectivity index is 2.09. The van der Waals surface area contributed by atoms with Crippen molar-refractivity contribution in [3.8, 4) is 11.5 Å². The van der Waals surface area contributed by atoms with Crippen LogP contribution in [0.15, 0.2) is 24.3 Å². The normalized spacial score (nSPS) is 10.8. The molecule has 0 unspecified atom stereocenters. The van der Waals surface area contributed by atoms with Crippen molar-refractivity contribution in [2.75, 3.05) is 46.9 Å². The van der Waals surface area contributed by atoms with Gasteiger partial charge in [0.25, 0.3) is 0 Å². The van der Waals surface area contributed by atoms with E-state index in [0.29, 0.717) is 13.2 Å². The van der Waals surface area contributed by atoms with Crippen molar-refractivity contribution in [1.29, 1.82) is 0 Å². The van der Waals surface area contributed by atoms with Crippen molar-refractivity contribution in [1.82, 2.24) is 10.2 Å². The number of ether oxygens (including phenoxy) is 2. The molecular weight excluding hydrogens is 252 g/mol. The number of nitrogens with one attached hydrogen (secondary N) is 1. The zero-order chi connectivity index (χ0) is 14.6. The van der Waals surface area contributed by atoms with E-state index in [1.807, 2.05) is 31.2 Å². The van der Waals surface area contributed by atoms with E-state index in [-0.39, 0.29) is 0 Å². The van der Waals surface area contributed by atoms with E-state index in [1.165, 1.54) is 12.8 Å². The van der Waals surface area contributed by atoms with Gasteiger partial charge in [0.1, 0.15) is 6.61 Å². The fourth-order valence-corrected chi connectivity index (χ4v) is 1.88. The lowest BCUT2D eigenvalue weighted by Gasteiger charge is -2.12. The van der Waals surface area contributed by atoms with Crippen molar-refractivity contribution in [3.63, 3.8) is 0 Å². The molecule has 0 aliphatic carbocycles. The number of rotatable bonds is 11. The van der Waals surface area contributed by atoms with E-state index in [1.54, 1.807) is 0 Å². The predicted molar refractivity (Wildman–Crippen MR) is 83.8 cm³/mol. The fraction of sp³-hybridized carbons (Fsp3) is 0.625. The summed E-state index contributed by atoms with van der Waals surface area (Å²) in [7, 11) is 4.22. The quantitative estimate of drug-likeness (QED) is 0.631. The molecule has 4 nitrogen and oxygen atoms in total. The molecule has 0 saturated heterocycles. The SMILES string of the molecule is CCOc1ccccc1OCCNCCCCN(C)C. The van der Waals surface area contributed by atoms with Crippen LogP contribution in [0.2, 0.25) is 0 Å².